The van der Waals surface area contributed by atoms with E-state index in [-0.39, 0.29) is 0 Å². The van der Waals surface area contributed by atoms with Gasteiger partial charge in [0.15, 0.2) is 0 Å². The number of rotatable bonds is 4. The molecule has 72 valence electrons. The van der Waals surface area contributed by atoms with E-state index in [0.29, 0.717) is 18.3 Å². The predicted octanol–water partition coefficient (Wildman–Crippen LogP) is 2.84. The summed E-state index contributed by atoms with van der Waals surface area (Å²) in [6.45, 7) is 2.28. The van der Waals surface area contributed by atoms with Crippen LogP contribution in [0.15, 0.2) is 24.3 Å². The van der Waals surface area contributed by atoms with Gasteiger partial charge < -0.3 is 0 Å². The summed E-state index contributed by atoms with van der Waals surface area (Å²) in [6.07, 6.45) is 0.412. The van der Waals surface area contributed by atoms with Crippen LogP contribution in [0.1, 0.15) is 18.1 Å². The van der Waals surface area contributed by atoms with Gasteiger partial charge in [-0.1, -0.05) is 12.1 Å². The van der Waals surface area contributed by atoms with Gasteiger partial charge in [-0.25, -0.2) is 0 Å². The highest BCUT2D eigenvalue weighted by atomic mass is 31.1. The van der Waals surface area contributed by atoms with E-state index in [4.69, 9.17) is 9.79 Å². The molecule has 0 heterocycles. The summed E-state index contributed by atoms with van der Waals surface area (Å²) in [6, 6.07) is 9.05. The Bertz CT molecular complexity index is 353. The zero-order valence-corrected chi connectivity index (χ0v) is 8.83. The van der Waals surface area contributed by atoms with Crippen LogP contribution in [0.2, 0.25) is 0 Å². The first-order valence-electron chi connectivity index (χ1n) is 4.33. The molecule has 0 aromatic heterocycles. The van der Waals surface area contributed by atoms with Gasteiger partial charge in [0.05, 0.1) is 18.2 Å². The molecule has 0 radical (unpaired) electrons. The average Bonchev–Trinajstić information content (AvgIpc) is 2.19. The van der Waals surface area contributed by atoms with Crippen molar-refractivity contribution in [2.24, 2.45) is 0 Å². The zero-order valence-electron chi connectivity index (χ0n) is 7.93. The van der Waals surface area contributed by atoms with Crippen molar-refractivity contribution in [3.05, 3.63) is 35.4 Å². The molecule has 14 heavy (non-hydrogen) atoms. The van der Waals surface area contributed by atoms with Crippen LogP contribution in [0.3, 0.4) is 0 Å². The summed E-state index contributed by atoms with van der Waals surface area (Å²) in [4.78, 5) is 0. The monoisotopic (exact) mass is 208 g/mol. The molecule has 0 saturated heterocycles. The van der Waals surface area contributed by atoms with E-state index in [1.165, 1.54) is 0 Å². The van der Waals surface area contributed by atoms with Gasteiger partial charge in [-0.15, -0.1) is 4.52 Å². The first kappa shape index (κ1) is 10.8. The zero-order chi connectivity index (χ0) is 10.4. The van der Waals surface area contributed by atoms with Crippen molar-refractivity contribution in [3.63, 3.8) is 0 Å². The van der Waals surface area contributed by atoms with Crippen molar-refractivity contribution < 1.29 is 9.09 Å². The molecular formula is C10H11NO2P+. The second kappa shape index (κ2) is 5.49. The van der Waals surface area contributed by atoms with Crippen LogP contribution in [-0.4, -0.2) is 6.61 Å². The van der Waals surface area contributed by atoms with Crippen LogP contribution in [0.5, 0.6) is 0 Å². The predicted molar refractivity (Wildman–Crippen MR) is 54.1 cm³/mol. The van der Waals surface area contributed by atoms with Gasteiger partial charge in [0.1, 0.15) is 0 Å². The van der Waals surface area contributed by atoms with Crippen LogP contribution in [0, 0.1) is 11.3 Å². The highest BCUT2D eigenvalue weighted by Crippen LogP contribution is 2.27. The molecule has 0 amide bonds. The maximum atomic E-state index is 11.2. The number of benzene rings is 1. The van der Waals surface area contributed by atoms with Gasteiger partial charge in [-0.3, -0.25) is 0 Å². The average molecular weight is 208 g/mol. The number of hydrogen-bond donors (Lipinski definition) is 0. The number of hydrogen-bond acceptors (Lipinski definition) is 3. The standard InChI is InChI=1S/C10H11NO2P/c1-2-13-14(12)8-10-5-3-9(7-11)4-6-10/h3-6H,2,8H2,1H3/q+1. The third-order valence-electron chi connectivity index (χ3n) is 1.67. The SMILES string of the molecule is CCO[P+](=O)Cc1ccc(C#N)cc1. The van der Waals surface area contributed by atoms with E-state index >= 15 is 0 Å². The van der Waals surface area contributed by atoms with Gasteiger partial charge in [-0.05, 0) is 23.6 Å². The van der Waals surface area contributed by atoms with E-state index in [2.05, 4.69) is 0 Å². The van der Waals surface area contributed by atoms with Gasteiger partial charge >= 0.3 is 8.03 Å². The molecule has 0 bridgehead atoms. The summed E-state index contributed by atoms with van der Waals surface area (Å²) < 4.78 is 16.2. The molecule has 1 rings (SSSR count). The topological polar surface area (TPSA) is 50.1 Å². The van der Waals surface area contributed by atoms with Crippen LogP contribution < -0.4 is 0 Å². The molecular weight excluding hydrogens is 197 g/mol. The Labute approximate surface area is 84.2 Å². The Kier molecular flexibility index (Phi) is 4.25. The van der Waals surface area contributed by atoms with E-state index < -0.39 is 8.03 Å². The lowest BCUT2D eigenvalue weighted by molar-refractivity contribution is 0.350. The van der Waals surface area contributed by atoms with Crippen molar-refractivity contribution in [3.8, 4) is 6.07 Å². The summed E-state index contributed by atoms with van der Waals surface area (Å²) in [5.74, 6) is 0. The minimum absolute atomic E-state index is 0.412. The Morgan fingerprint density at radius 1 is 1.43 bits per heavy atom. The molecule has 4 heteroatoms. The maximum Gasteiger partial charge on any atom is 0.512 e. The van der Waals surface area contributed by atoms with Crippen molar-refractivity contribution in [1.29, 1.82) is 5.26 Å². The second-order valence-electron chi connectivity index (χ2n) is 2.72. The molecule has 0 aliphatic rings. The second-order valence-corrected chi connectivity index (χ2v) is 3.96. The molecule has 0 aliphatic carbocycles. The highest BCUT2D eigenvalue weighted by molar-refractivity contribution is 7.38. The van der Waals surface area contributed by atoms with E-state index in [1.807, 2.05) is 13.0 Å². The third kappa shape index (κ3) is 3.26. The first-order valence-corrected chi connectivity index (χ1v) is 5.69. The minimum Gasteiger partial charge on any atom is -0.192 e. The van der Waals surface area contributed by atoms with Crippen LogP contribution in [0.4, 0.5) is 0 Å². The fourth-order valence-electron chi connectivity index (χ4n) is 1.02. The summed E-state index contributed by atoms with van der Waals surface area (Å²) in [5, 5.41) is 8.56. The van der Waals surface area contributed by atoms with Gasteiger partial charge in [0.25, 0.3) is 0 Å². The van der Waals surface area contributed by atoms with Crippen molar-refractivity contribution in [2.45, 2.75) is 13.1 Å². The Balaban J connectivity index is 2.61. The molecule has 0 N–H and O–H groups in total. The van der Waals surface area contributed by atoms with Crippen molar-refractivity contribution in [2.75, 3.05) is 6.61 Å². The van der Waals surface area contributed by atoms with E-state index in [0.717, 1.165) is 5.56 Å². The fraction of sp³-hybridized carbons (Fsp3) is 0.300. The van der Waals surface area contributed by atoms with Crippen molar-refractivity contribution >= 4 is 8.03 Å². The maximum absolute atomic E-state index is 11.2. The van der Waals surface area contributed by atoms with Gasteiger partial charge in [0.2, 0.25) is 6.16 Å². The van der Waals surface area contributed by atoms with Crippen molar-refractivity contribution in [1.82, 2.24) is 0 Å². The largest absolute Gasteiger partial charge is 0.512 e. The Hall–Kier alpha value is -1.23. The Morgan fingerprint density at radius 3 is 2.57 bits per heavy atom. The first-order chi connectivity index (χ1) is 6.76. The van der Waals surface area contributed by atoms with Crippen LogP contribution in [0.25, 0.3) is 0 Å². The number of nitriles is 1. The summed E-state index contributed by atoms with van der Waals surface area (Å²) in [5.41, 5.74) is 1.54. The molecule has 0 fully saturated rings. The molecule has 1 atom stereocenters. The van der Waals surface area contributed by atoms with Gasteiger partial charge in [-0.2, -0.15) is 5.26 Å². The quantitative estimate of drug-likeness (QED) is 0.715. The minimum atomic E-state index is -1.60. The normalized spacial score (nSPS) is 10.7. The molecule has 1 aromatic carbocycles. The fourth-order valence-corrected chi connectivity index (χ4v) is 1.91. The molecule has 0 spiro atoms. The van der Waals surface area contributed by atoms with Crippen LogP contribution in [-0.2, 0) is 15.3 Å². The lowest BCUT2D eigenvalue weighted by atomic mass is 10.2. The van der Waals surface area contributed by atoms with Gasteiger partial charge in [0, 0.05) is 5.56 Å². The third-order valence-corrected chi connectivity index (χ3v) is 2.84. The summed E-state index contributed by atoms with van der Waals surface area (Å²) in [7, 11) is -1.60. The lowest BCUT2D eigenvalue weighted by Gasteiger charge is -1.92. The highest BCUT2D eigenvalue weighted by Gasteiger charge is 2.16. The smallest absolute Gasteiger partial charge is 0.192 e. The molecule has 1 aromatic rings. The summed E-state index contributed by atoms with van der Waals surface area (Å²) >= 11 is 0. The van der Waals surface area contributed by atoms with E-state index in [9.17, 15) is 4.57 Å². The lowest BCUT2D eigenvalue weighted by Crippen LogP contribution is -1.84. The molecule has 0 saturated carbocycles. The molecule has 0 aliphatic heterocycles. The van der Waals surface area contributed by atoms with Crippen LogP contribution >= 0.6 is 8.03 Å². The van der Waals surface area contributed by atoms with E-state index in [1.54, 1.807) is 24.3 Å². The Morgan fingerprint density at radius 2 is 2.07 bits per heavy atom. The molecule has 3 nitrogen and oxygen atoms in total. The molecule has 1 unspecified atom stereocenters. The number of nitrogens with zero attached hydrogens (tertiary/aromatic N) is 1.